The summed E-state index contributed by atoms with van der Waals surface area (Å²) in [6, 6.07) is 0. The van der Waals surface area contributed by atoms with E-state index in [4.69, 9.17) is 0 Å². The predicted molar refractivity (Wildman–Crippen MR) is 69.7 cm³/mol. The van der Waals surface area contributed by atoms with Crippen molar-refractivity contribution in [3.05, 3.63) is 0 Å². The second-order valence-corrected chi connectivity index (χ2v) is 8.69. The van der Waals surface area contributed by atoms with Crippen LogP contribution in [0.25, 0.3) is 0 Å². The maximum atomic E-state index is 11.9. The van der Waals surface area contributed by atoms with E-state index in [0.29, 0.717) is 12.8 Å². The Bertz CT molecular complexity index is 376. The third-order valence-corrected chi connectivity index (χ3v) is 5.29. The molecule has 17 heavy (non-hydrogen) atoms. The first-order chi connectivity index (χ1) is 7.60. The van der Waals surface area contributed by atoms with Crippen LogP contribution in [0.5, 0.6) is 0 Å². The third kappa shape index (κ3) is 4.41. The molecule has 1 aliphatic rings. The Kier molecular flexibility index (Phi) is 4.39. The van der Waals surface area contributed by atoms with E-state index in [2.05, 4.69) is 0 Å². The van der Waals surface area contributed by atoms with Gasteiger partial charge in [0.25, 0.3) is 0 Å². The van der Waals surface area contributed by atoms with Crippen molar-refractivity contribution < 1.29 is 13.2 Å². The van der Waals surface area contributed by atoms with Crippen LogP contribution >= 0.6 is 0 Å². The second kappa shape index (κ2) is 5.09. The molecule has 0 spiro atoms. The Morgan fingerprint density at radius 1 is 1.24 bits per heavy atom. The molecule has 0 heterocycles. The van der Waals surface area contributed by atoms with E-state index in [1.807, 2.05) is 20.8 Å². The molecule has 1 aliphatic carbocycles. The number of hydrogen-bond acceptors (Lipinski definition) is 3. The molecule has 0 aromatic rings. The van der Waals surface area contributed by atoms with Gasteiger partial charge in [-0.15, -0.1) is 0 Å². The van der Waals surface area contributed by atoms with E-state index in [-0.39, 0.29) is 22.4 Å². The van der Waals surface area contributed by atoms with Crippen molar-refractivity contribution >= 4 is 15.6 Å². The minimum atomic E-state index is -2.94. The Balaban J connectivity index is 2.60. The summed E-state index contributed by atoms with van der Waals surface area (Å²) >= 11 is 0. The van der Waals surface area contributed by atoms with Crippen LogP contribution in [0, 0.1) is 11.3 Å². The Morgan fingerprint density at radius 2 is 1.82 bits per heavy atom. The Labute approximate surface area is 105 Å². The summed E-state index contributed by atoms with van der Waals surface area (Å²) in [6.45, 7) is 5.77. The first-order valence-corrected chi connectivity index (χ1v) is 8.28. The molecule has 0 aromatic carbocycles. The lowest BCUT2D eigenvalue weighted by molar-refractivity contribution is -0.127. The van der Waals surface area contributed by atoms with Crippen molar-refractivity contribution in [3.63, 3.8) is 0 Å². The Morgan fingerprint density at radius 3 is 2.29 bits per heavy atom. The van der Waals surface area contributed by atoms with Crippen LogP contribution in [0.1, 0.15) is 52.9 Å². The van der Waals surface area contributed by atoms with Crippen molar-refractivity contribution in [2.75, 3.05) is 6.26 Å². The van der Waals surface area contributed by atoms with Gasteiger partial charge in [0.2, 0.25) is 0 Å². The molecule has 3 nitrogen and oxygen atoms in total. The molecule has 4 heteroatoms. The minimum Gasteiger partial charge on any atom is -0.299 e. The normalized spacial score (nSPS) is 26.8. The molecule has 1 fully saturated rings. The average molecular weight is 260 g/mol. The average Bonchev–Trinajstić information content (AvgIpc) is 2.15. The highest BCUT2D eigenvalue weighted by atomic mass is 32.2. The fourth-order valence-electron chi connectivity index (χ4n) is 2.38. The smallest absolute Gasteiger partial charge is 0.150 e. The van der Waals surface area contributed by atoms with Gasteiger partial charge in [-0.05, 0) is 25.2 Å². The van der Waals surface area contributed by atoms with E-state index < -0.39 is 9.84 Å². The summed E-state index contributed by atoms with van der Waals surface area (Å²) in [6.07, 6.45) is 5.20. The highest BCUT2D eigenvalue weighted by Gasteiger charge is 2.32. The van der Waals surface area contributed by atoms with Gasteiger partial charge in [-0.25, -0.2) is 8.42 Å². The maximum absolute atomic E-state index is 11.9. The first-order valence-electron chi connectivity index (χ1n) is 6.33. The lowest BCUT2D eigenvalue weighted by atomic mass is 9.79. The first kappa shape index (κ1) is 14.7. The predicted octanol–water partition coefficient (Wildman–Crippen LogP) is 2.60. The van der Waals surface area contributed by atoms with Crippen LogP contribution in [0.15, 0.2) is 0 Å². The molecule has 0 saturated heterocycles. The van der Waals surface area contributed by atoms with E-state index in [9.17, 15) is 13.2 Å². The molecule has 0 aromatic heterocycles. The summed E-state index contributed by atoms with van der Waals surface area (Å²) < 4.78 is 23.1. The molecule has 0 N–H and O–H groups in total. The van der Waals surface area contributed by atoms with Gasteiger partial charge in [0.15, 0.2) is 0 Å². The molecular formula is C13H24O3S. The molecule has 0 aliphatic heterocycles. The van der Waals surface area contributed by atoms with Gasteiger partial charge in [-0.1, -0.05) is 27.2 Å². The zero-order chi connectivity index (χ0) is 13.3. The van der Waals surface area contributed by atoms with Gasteiger partial charge in [0, 0.05) is 18.1 Å². The summed E-state index contributed by atoms with van der Waals surface area (Å²) in [5.74, 6) is 0.506. The van der Waals surface area contributed by atoms with Crippen LogP contribution in [0.2, 0.25) is 0 Å². The number of Topliss-reactive ketones (excluding diaryl/α,β-unsaturated/α-hetero) is 1. The molecule has 0 radical (unpaired) electrons. The molecule has 0 bridgehead atoms. The summed E-state index contributed by atoms with van der Waals surface area (Å²) in [5.41, 5.74) is -0.308. The zero-order valence-corrected chi connectivity index (χ0v) is 12.1. The number of sulfone groups is 1. The van der Waals surface area contributed by atoms with E-state index in [1.54, 1.807) is 0 Å². The van der Waals surface area contributed by atoms with Gasteiger partial charge < -0.3 is 0 Å². The summed E-state index contributed by atoms with van der Waals surface area (Å²) in [4.78, 5) is 11.9. The minimum absolute atomic E-state index is 0.228. The van der Waals surface area contributed by atoms with E-state index >= 15 is 0 Å². The van der Waals surface area contributed by atoms with Gasteiger partial charge in [-0.2, -0.15) is 0 Å². The molecule has 2 unspecified atom stereocenters. The second-order valence-electron chi connectivity index (χ2n) is 6.36. The van der Waals surface area contributed by atoms with Gasteiger partial charge in [-0.3, -0.25) is 4.79 Å². The third-order valence-electron chi connectivity index (χ3n) is 3.65. The van der Waals surface area contributed by atoms with Crippen molar-refractivity contribution in [1.29, 1.82) is 0 Å². The maximum Gasteiger partial charge on any atom is 0.150 e. The van der Waals surface area contributed by atoms with Crippen LogP contribution in [0.4, 0.5) is 0 Å². The number of carbonyl (C=O) groups excluding carboxylic acids is 1. The molecule has 2 atom stereocenters. The monoisotopic (exact) mass is 260 g/mol. The number of rotatable bonds is 3. The summed E-state index contributed by atoms with van der Waals surface area (Å²) in [7, 11) is -2.94. The zero-order valence-electron chi connectivity index (χ0n) is 11.3. The van der Waals surface area contributed by atoms with Crippen LogP contribution < -0.4 is 0 Å². The fourth-order valence-corrected chi connectivity index (χ4v) is 3.60. The highest BCUT2D eigenvalue weighted by molar-refractivity contribution is 7.91. The van der Waals surface area contributed by atoms with Crippen LogP contribution in [-0.2, 0) is 14.6 Å². The lowest BCUT2D eigenvalue weighted by Gasteiger charge is -2.29. The van der Waals surface area contributed by atoms with E-state index in [1.165, 1.54) is 6.26 Å². The largest absolute Gasteiger partial charge is 0.299 e. The highest BCUT2D eigenvalue weighted by Crippen LogP contribution is 2.32. The van der Waals surface area contributed by atoms with Gasteiger partial charge in [0.05, 0.1) is 5.25 Å². The lowest BCUT2D eigenvalue weighted by Crippen LogP contribution is -2.30. The molecule has 1 saturated carbocycles. The van der Waals surface area contributed by atoms with Gasteiger partial charge >= 0.3 is 0 Å². The van der Waals surface area contributed by atoms with Crippen molar-refractivity contribution in [1.82, 2.24) is 0 Å². The number of hydrogen-bond donors (Lipinski definition) is 0. The van der Waals surface area contributed by atoms with Crippen molar-refractivity contribution in [3.8, 4) is 0 Å². The quantitative estimate of drug-likeness (QED) is 0.783. The van der Waals surface area contributed by atoms with E-state index in [0.717, 1.165) is 19.3 Å². The fraction of sp³-hybridized carbons (Fsp3) is 0.923. The van der Waals surface area contributed by atoms with Crippen molar-refractivity contribution in [2.24, 2.45) is 11.3 Å². The van der Waals surface area contributed by atoms with Crippen LogP contribution in [-0.4, -0.2) is 25.7 Å². The Hall–Kier alpha value is -0.380. The molecule has 100 valence electrons. The van der Waals surface area contributed by atoms with Gasteiger partial charge in [0.1, 0.15) is 15.6 Å². The van der Waals surface area contributed by atoms with Crippen molar-refractivity contribution in [2.45, 2.75) is 58.1 Å². The topological polar surface area (TPSA) is 51.2 Å². The molecule has 1 rings (SSSR count). The molecular weight excluding hydrogens is 236 g/mol. The molecule has 0 amide bonds. The standard InChI is InChI=1S/C13H24O3S/c1-13(2,3)12(14)9-10-6-5-7-11(8-10)17(4,15)16/h10-11H,5-9H2,1-4H3. The number of carbonyl (C=O) groups is 1. The SMILES string of the molecule is CC(C)(C)C(=O)CC1CCCC(S(C)(=O)=O)C1. The summed E-state index contributed by atoms with van der Waals surface area (Å²) in [5, 5.41) is -0.228. The van der Waals surface area contributed by atoms with Crippen LogP contribution in [0.3, 0.4) is 0 Å². The number of ketones is 1.